The number of nitrogens with one attached hydrogen (secondary N) is 1. The summed E-state index contributed by atoms with van der Waals surface area (Å²) in [7, 11) is 1.91. The first-order chi connectivity index (χ1) is 11.6. The first-order valence-corrected chi connectivity index (χ1v) is 8.43. The number of hydrogen-bond donors (Lipinski definition) is 2. The molecule has 7 heteroatoms. The molecule has 2 aliphatic rings. The fourth-order valence-corrected chi connectivity index (χ4v) is 3.83. The van der Waals surface area contributed by atoms with Crippen molar-refractivity contribution >= 4 is 18.3 Å². The topological polar surface area (TPSA) is 82.2 Å². The lowest BCUT2D eigenvalue weighted by molar-refractivity contribution is 0.0984. The largest absolute Gasteiger partial charge is 0.489 e. The Bertz CT molecular complexity index is 764. The van der Waals surface area contributed by atoms with Gasteiger partial charge in [-0.25, -0.2) is 4.98 Å². The molecule has 0 radical (unpaired) electrons. The van der Waals surface area contributed by atoms with Crippen molar-refractivity contribution in [2.24, 2.45) is 12.8 Å². The van der Waals surface area contributed by atoms with E-state index in [4.69, 9.17) is 10.5 Å². The molecule has 0 spiro atoms. The Labute approximate surface area is 153 Å². The maximum absolute atomic E-state index is 11.9. The van der Waals surface area contributed by atoms with E-state index in [9.17, 15) is 4.79 Å². The first kappa shape index (κ1) is 17.8. The normalized spacial score (nSPS) is 24.6. The summed E-state index contributed by atoms with van der Waals surface area (Å²) in [5.74, 6) is 0.105. The van der Waals surface area contributed by atoms with E-state index < -0.39 is 5.91 Å². The molecule has 1 amide bonds. The molecule has 2 aliphatic heterocycles. The Balaban J connectivity index is 0.00000182. The van der Waals surface area contributed by atoms with Crippen molar-refractivity contribution in [1.29, 1.82) is 0 Å². The average molecular weight is 363 g/mol. The SMILES string of the molecule is Cl.Cn1cnc(-c2ccc(O[C@H]3C[C@H]4CC[C@@H](C3)N4)c(C(N)=O)c2)c1. The Hall–Kier alpha value is -2.05. The van der Waals surface area contributed by atoms with Gasteiger partial charge < -0.3 is 20.4 Å². The van der Waals surface area contributed by atoms with Crippen LogP contribution >= 0.6 is 12.4 Å². The molecule has 3 atom stereocenters. The second kappa shape index (κ2) is 7.06. The average Bonchev–Trinajstić information content (AvgIpc) is 3.13. The van der Waals surface area contributed by atoms with Gasteiger partial charge in [-0.3, -0.25) is 4.79 Å². The van der Waals surface area contributed by atoms with Crippen molar-refractivity contribution in [3.63, 3.8) is 0 Å². The number of aryl methyl sites for hydroxylation is 1. The molecule has 25 heavy (non-hydrogen) atoms. The highest BCUT2D eigenvalue weighted by Crippen LogP contribution is 2.32. The van der Waals surface area contributed by atoms with Gasteiger partial charge in [0.15, 0.2) is 0 Å². The molecule has 1 aromatic heterocycles. The Kier molecular flexibility index (Phi) is 5.01. The number of nitrogens with zero attached hydrogens (tertiary/aromatic N) is 2. The summed E-state index contributed by atoms with van der Waals surface area (Å²) in [6.07, 6.45) is 8.17. The van der Waals surface area contributed by atoms with Gasteiger partial charge in [0.25, 0.3) is 5.91 Å². The molecule has 0 saturated carbocycles. The smallest absolute Gasteiger partial charge is 0.252 e. The van der Waals surface area contributed by atoms with Gasteiger partial charge in [0.2, 0.25) is 0 Å². The third kappa shape index (κ3) is 3.65. The maximum Gasteiger partial charge on any atom is 0.252 e. The number of carbonyl (C=O) groups excluding carboxylic acids is 1. The van der Waals surface area contributed by atoms with E-state index in [1.807, 2.05) is 29.9 Å². The highest BCUT2D eigenvalue weighted by molar-refractivity contribution is 5.96. The first-order valence-electron chi connectivity index (χ1n) is 8.43. The van der Waals surface area contributed by atoms with Crippen LogP contribution in [0.25, 0.3) is 11.3 Å². The van der Waals surface area contributed by atoms with Gasteiger partial charge in [-0.1, -0.05) is 0 Å². The van der Waals surface area contributed by atoms with Crippen LogP contribution in [0.3, 0.4) is 0 Å². The van der Waals surface area contributed by atoms with E-state index in [1.54, 1.807) is 12.4 Å². The van der Waals surface area contributed by atoms with E-state index in [1.165, 1.54) is 12.8 Å². The molecule has 6 nitrogen and oxygen atoms in total. The van der Waals surface area contributed by atoms with Gasteiger partial charge >= 0.3 is 0 Å². The summed E-state index contributed by atoms with van der Waals surface area (Å²) >= 11 is 0. The summed E-state index contributed by atoms with van der Waals surface area (Å²) in [5, 5.41) is 3.59. The number of carbonyl (C=O) groups is 1. The molecule has 2 saturated heterocycles. The van der Waals surface area contributed by atoms with Crippen LogP contribution in [0.4, 0.5) is 0 Å². The van der Waals surface area contributed by atoms with Crippen molar-refractivity contribution in [3.05, 3.63) is 36.3 Å². The van der Waals surface area contributed by atoms with E-state index in [0.717, 1.165) is 24.1 Å². The fourth-order valence-electron chi connectivity index (χ4n) is 3.83. The van der Waals surface area contributed by atoms with E-state index in [-0.39, 0.29) is 18.5 Å². The Morgan fingerprint density at radius 2 is 2.04 bits per heavy atom. The second-order valence-corrected chi connectivity index (χ2v) is 6.85. The number of fused-ring (bicyclic) bond motifs is 2. The number of benzene rings is 1. The molecule has 1 aromatic carbocycles. The van der Waals surface area contributed by atoms with Crippen LogP contribution in [0.1, 0.15) is 36.0 Å². The molecule has 4 rings (SSSR count). The van der Waals surface area contributed by atoms with Crippen LogP contribution in [0.5, 0.6) is 5.75 Å². The Morgan fingerprint density at radius 3 is 2.64 bits per heavy atom. The third-order valence-corrected chi connectivity index (χ3v) is 4.97. The zero-order valence-corrected chi connectivity index (χ0v) is 15.0. The molecule has 0 aliphatic carbocycles. The number of primary amides is 1. The standard InChI is InChI=1S/C18H22N4O2.ClH/c1-22-9-16(20-10-22)11-2-5-17(15(6-11)18(19)23)24-14-7-12-3-4-13(8-14)21-12;/h2,5-6,9-10,12-14,21H,3-4,7-8H2,1H3,(H2,19,23);1H/t12-,13+,14+;. The van der Waals surface area contributed by atoms with Crippen LogP contribution < -0.4 is 15.8 Å². The van der Waals surface area contributed by atoms with Crippen molar-refractivity contribution in [1.82, 2.24) is 14.9 Å². The highest BCUT2D eigenvalue weighted by atomic mass is 35.5. The lowest BCUT2D eigenvalue weighted by Gasteiger charge is -2.30. The minimum absolute atomic E-state index is 0. The molecular formula is C18H23ClN4O2. The lowest BCUT2D eigenvalue weighted by Crippen LogP contribution is -2.42. The Morgan fingerprint density at radius 1 is 1.32 bits per heavy atom. The predicted molar refractivity (Wildman–Crippen MR) is 98.0 cm³/mol. The maximum atomic E-state index is 11.9. The van der Waals surface area contributed by atoms with Crippen LogP contribution in [-0.4, -0.2) is 33.6 Å². The monoisotopic (exact) mass is 362 g/mol. The van der Waals surface area contributed by atoms with Gasteiger partial charge in [0.05, 0.1) is 17.6 Å². The number of amides is 1. The number of imidazole rings is 1. The van der Waals surface area contributed by atoms with Gasteiger partial charge in [0, 0.05) is 30.9 Å². The summed E-state index contributed by atoms with van der Waals surface area (Å²) in [4.78, 5) is 16.2. The van der Waals surface area contributed by atoms with E-state index in [2.05, 4.69) is 10.3 Å². The van der Waals surface area contributed by atoms with Crippen molar-refractivity contribution in [3.8, 4) is 17.0 Å². The molecule has 0 unspecified atom stereocenters. The third-order valence-electron chi connectivity index (χ3n) is 4.97. The predicted octanol–water partition coefficient (Wildman–Crippen LogP) is 2.27. The minimum Gasteiger partial charge on any atom is -0.489 e. The number of halogens is 1. The van der Waals surface area contributed by atoms with Crippen molar-refractivity contribution in [2.75, 3.05) is 0 Å². The van der Waals surface area contributed by atoms with Crippen molar-refractivity contribution in [2.45, 2.75) is 43.9 Å². The quantitative estimate of drug-likeness (QED) is 0.874. The molecular weight excluding hydrogens is 340 g/mol. The fraction of sp³-hybridized carbons (Fsp3) is 0.444. The zero-order valence-electron chi connectivity index (χ0n) is 14.1. The van der Waals surface area contributed by atoms with Gasteiger partial charge in [-0.05, 0) is 43.9 Å². The van der Waals surface area contributed by atoms with Crippen LogP contribution in [-0.2, 0) is 7.05 Å². The number of ether oxygens (including phenoxy) is 1. The summed E-state index contributed by atoms with van der Waals surface area (Å²) in [5.41, 5.74) is 7.68. The van der Waals surface area contributed by atoms with Crippen LogP contribution in [0, 0.1) is 0 Å². The number of piperidine rings is 1. The summed E-state index contributed by atoms with van der Waals surface area (Å²) in [6, 6.07) is 6.63. The minimum atomic E-state index is -0.473. The van der Waals surface area contributed by atoms with E-state index >= 15 is 0 Å². The van der Waals surface area contributed by atoms with Crippen molar-refractivity contribution < 1.29 is 9.53 Å². The van der Waals surface area contributed by atoms with Gasteiger partial charge in [-0.2, -0.15) is 0 Å². The number of rotatable bonds is 4. The highest BCUT2D eigenvalue weighted by Gasteiger charge is 2.34. The number of aromatic nitrogens is 2. The summed E-state index contributed by atoms with van der Waals surface area (Å²) in [6.45, 7) is 0. The van der Waals surface area contributed by atoms with Gasteiger partial charge in [0.1, 0.15) is 11.9 Å². The lowest BCUT2D eigenvalue weighted by atomic mass is 10.0. The van der Waals surface area contributed by atoms with Crippen LogP contribution in [0.2, 0.25) is 0 Å². The van der Waals surface area contributed by atoms with Crippen LogP contribution in [0.15, 0.2) is 30.7 Å². The number of hydrogen-bond acceptors (Lipinski definition) is 4. The molecule has 134 valence electrons. The molecule has 2 bridgehead atoms. The zero-order chi connectivity index (χ0) is 16.7. The van der Waals surface area contributed by atoms with E-state index in [0.29, 0.717) is 23.4 Å². The molecule has 2 aromatic rings. The van der Waals surface area contributed by atoms with Gasteiger partial charge in [-0.15, -0.1) is 12.4 Å². The molecule has 3 heterocycles. The number of nitrogens with two attached hydrogens (primary N) is 1. The molecule has 2 fully saturated rings. The second-order valence-electron chi connectivity index (χ2n) is 6.85. The summed E-state index contributed by atoms with van der Waals surface area (Å²) < 4.78 is 8.03. The molecule has 3 N–H and O–H groups in total.